The number of rotatable bonds is 4. The minimum absolute atomic E-state index is 0.148. The molecule has 5 nitrogen and oxygen atoms in total. The van der Waals surface area contributed by atoms with Crippen LogP contribution in [0.5, 0.6) is 0 Å². The highest BCUT2D eigenvalue weighted by Gasteiger charge is 2.06. The Balaban J connectivity index is 1.80. The Morgan fingerprint density at radius 2 is 2.17 bits per heavy atom. The summed E-state index contributed by atoms with van der Waals surface area (Å²) in [5, 5.41) is 13.1. The Labute approximate surface area is 133 Å². The number of aryl methyl sites for hydroxylation is 1. The molecule has 5 heteroatoms. The van der Waals surface area contributed by atoms with E-state index in [1.807, 2.05) is 42.1 Å². The largest absolute Gasteiger partial charge is 0.392 e. The molecule has 0 fully saturated rings. The van der Waals surface area contributed by atoms with Crippen LogP contribution < -0.4 is 5.32 Å². The van der Waals surface area contributed by atoms with Crippen LogP contribution in [0.4, 0.5) is 5.69 Å². The molecule has 0 saturated carbocycles. The van der Waals surface area contributed by atoms with Gasteiger partial charge in [0.15, 0.2) is 0 Å². The summed E-state index contributed by atoms with van der Waals surface area (Å²) in [5.74, 6) is -0.263. The summed E-state index contributed by atoms with van der Waals surface area (Å²) < 4.78 is 2.03. The van der Waals surface area contributed by atoms with E-state index in [1.165, 1.54) is 12.3 Å². The second-order valence-electron chi connectivity index (χ2n) is 5.23. The van der Waals surface area contributed by atoms with Gasteiger partial charge in [0, 0.05) is 47.5 Å². The van der Waals surface area contributed by atoms with Crippen LogP contribution in [0.25, 0.3) is 17.0 Å². The van der Waals surface area contributed by atoms with Gasteiger partial charge in [-0.2, -0.15) is 0 Å². The Morgan fingerprint density at radius 1 is 1.35 bits per heavy atom. The van der Waals surface area contributed by atoms with E-state index in [0.29, 0.717) is 11.3 Å². The van der Waals surface area contributed by atoms with Crippen molar-refractivity contribution in [2.45, 2.75) is 6.61 Å². The van der Waals surface area contributed by atoms with Crippen molar-refractivity contribution in [2.24, 2.45) is 7.05 Å². The first-order chi connectivity index (χ1) is 11.2. The number of hydrogen-bond acceptors (Lipinski definition) is 3. The number of amides is 1. The fraction of sp³-hybridized carbons (Fsp3) is 0.111. The van der Waals surface area contributed by atoms with Gasteiger partial charge in [0.2, 0.25) is 5.91 Å². The van der Waals surface area contributed by atoms with E-state index in [0.717, 1.165) is 16.5 Å². The van der Waals surface area contributed by atoms with Crippen LogP contribution in [0.2, 0.25) is 0 Å². The maximum absolute atomic E-state index is 12.1. The molecule has 1 aromatic carbocycles. The molecule has 0 bridgehead atoms. The third-order valence-corrected chi connectivity index (χ3v) is 3.68. The number of pyridine rings is 1. The van der Waals surface area contributed by atoms with Crippen molar-refractivity contribution in [3.63, 3.8) is 0 Å². The van der Waals surface area contributed by atoms with Crippen molar-refractivity contribution in [1.82, 2.24) is 9.55 Å². The number of aliphatic hydroxyl groups excluding tert-OH is 1. The molecule has 23 heavy (non-hydrogen) atoms. The number of nitrogens with zero attached hydrogens (tertiary/aromatic N) is 2. The fourth-order valence-corrected chi connectivity index (χ4v) is 2.52. The highest BCUT2D eigenvalue weighted by Crippen LogP contribution is 2.21. The van der Waals surface area contributed by atoms with Crippen molar-refractivity contribution < 1.29 is 9.90 Å². The van der Waals surface area contributed by atoms with E-state index in [-0.39, 0.29) is 12.5 Å². The lowest BCUT2D eigenvalue weighted by molar-refractivity contribution is -0.111. The van der Waals surface area contributed by atoms with E-state index < -0.39 is 0 Å². The number of aliphatic hydroxyl groups is 1. The molecule has 0 aliphatic rings. The average Bonchev–Trinajstić information content (AvgIpc) is 2.90. The van der Waals surface area contributed by atoms with Crippen molar-refractivity contribution in [3.8, 4) is 0 Å². The zero-order valence-electron chi connectivity index (χ0n) is 12.7. The number of carbonyl (C=O) groups excluding carboxylic acids is 1. The molecule has 0 radical (unpaired) electrons. The molecule has 0 saturated heterocycles. The summed E-state index contributed by atoms with van der Waals surface area (Å²) in [7, 11) is 1.98. The number of para-hydroxylation sites is 1. The first kappa shape index (κ1) is 15.0. The topological polar surface area (TPSA) is 67.2 Å². The highest BCUT2D eigenvalue weighted by molar-refractivity contribution is 6.03. The second-order valence-corrected chi connectivity index (χ2v) is 5.23. The normalized spacial score (nSPS) is 11.2. The van der Waals surface area contributed by atoms with Crippen LogP contribution in [-0.2, 0) is 18.4 Å². The Bertz CT molecular complexity index is 881. The average molecular weight is 307 g/mol. The molecule has 1 amide bonds. The van der Waals surface area contributed by atoms with Crippen molar-refractivity contribution >= 4 is 28.6 Å². The molecular weight excluding hydrogens is 290 g/mol. The minimum atomic E-state index is -0.263. The molecule has 116 valence electrons. The van der Waals surface area contributed by atoms with E-state index in [1.54, 1.807) is 18.3 Å². The predicted molar refractivity (Wildman–Crippen MR) is 90.7 cm³/mol. The maximum atomic E-state index is 12.1. The number of anilines is 1. The van der Waals surface area contributed by atoms with Crippen LogP contribution in [0.3, 0.4) is 0 Å². The lowest BCUT2D eigenvalue weighted by Crippen LogP contribution is -2.10. The van der Waals surface area contributed by atoms with Gasteiger partial charge in [-0.05, 0) is 18.2 Å². The van der Waals surface area contributed by atoms with Gasteiger partial charge in [-0.1, -0.05) is 18.2 Å². The van der Waals surface area contributed by atoms with Crippen LogP contribution in [-0.4, -0.2) is 20.6 Å². The molecule has 0 unspecified atom stereocenters. The first-order valence-corrected chi connectivity index (χ1v) is 7.26. The van der Waals surface area contributed by atoms with Crippen LogP contribution in [0, 0.1) is 0 Å². The van der Waals surface area contributed by atoms with E-state index in [9.17, 15) is 9.90 Å². The molecule has 0 aliphatic carbocycles. The number of hydrogen-bond donors (Lipinski definition) is 2. The van der Waals surface area contributed by atoms with Crippen molar-refractivity contribution in [3.05, 3.63) is 66.1 Å². The van der Waals surface area contributed by atoms with Crippen LogP contribution in [0.1, 0.15) is 11.1 Å². The lowest BCUT2D eigenvalue weighted by Gasteiger charge is -2.06. The Hall–Kier alpha value is -2.92. The number of fused-ring (bicyclic) bond motifs is 1. The molecule has 2 heterocycles. The summed E-state index contributed by atoms with van der Waals surface area (Å²) in [5.41, 5.74) is 3.24. The molecule has 2 aromatic heterocycles. The minimum Gasteiger partial charge on any atom is -0.392 e. The van der Waals surface area contributed by atoms with E-state index in [4.69, 9.17) is 0 Å². The standard InChI is InChI=1S/C18H17N3O2/c1-21-11-13(15-4-2-3-5-17(15)21)6-7-18(23)20-16-10-19-9-8-14(16)12-22/h2-11,22H,12H2,1H3,(H,20,23)/b7-6+. The van der Waals surface area contributed by atoms with Crippen LogP contribution in [0.15, 0.2) is 55.0 Å². The third-order valence-electron chi connectivity index (χ3n) is 3.68. The summed E-state index contributed by atoms with van der Waals surface area (Å²) in [6.45, 7) is -0.148. The van der Waals surface area contributed by atoms with Crippen LogP contribution >= 0.6 is 0 Å². The fourth-order valence-electron chi connectivity index (χ4n) is 2.52. The van der Waals surface area contributed by atoms with Gasteiger partial charge in [0.1, 0.15) is 0 Å². The van der Waals surface area contributed by atoms with Gasteiger partial charge in [-0.25, -0.2) is 0 Å². The van der Waals surface area contributed by atoms with Gasteiger partial charge < -0.3 is 15.0 Å². The summed E-state index contributed by atoms with van der Waals surface area (Å²) in [6.07, 6.45) is 8.35. The van der Waals surface area contributed by atoms with Gasteiger partial charge in [0.25, 0.3) is 0 Å². The summed E-state index contributed by atoms with van der Waals surface area (Å²) in [6, 6.07) is 9.70. The monoisotopic (exact) mass is 307 g/mol. The number of benzene rings is 1. The van der Waals surface area contributed by atoms with Crippen molar-refractivity contribution in [1.29, 1.82) is 0 Å². The first-order valence-electron chi connectivity index (χ1n) is 7.26. The molecule has 0 spiro atoms. The third kappa shape index (κ3) is 3.14. The molecule has 3 aromatic rings. The predicted octanol–water partition coefficient (Wildman–Crippen LogP) is 2.72. The van der Waals surface area contributed by atoms with Gasteiger partial charge in [-0.15, -0.1) is 0 Å². The quantitative estimate of drug-likeness (QED) is 0.728. The number of aromatic nitrogens is 2. The lowest BCUT2D eigenvalue weighted by atomic mass is 10.1. The Morgan fingerprint density at radius 3 is 3.00 bits per heavy atom. The molecule has 2 N–H and O–H groups in total. The number of carbonyl (C=O) groups is 1. The summed E-state index contributed by atoms with van der Waals surface area (Å²) in [4.78, 5) is 16.0. The second kappa shape index (κ2) is 6.46. The number of nitrogens with one attached hydrogen (secondary N) is 1. The van der Waals surface area contributed by atoms with E-state index >= 15 is 0 Å². The van der Waals surface area contributed by atoms with Gasteiger partial charge >= 0.3 is 0 Å². The molecule has 3 rings (SSSR count). The molecular formula is C18H17N3O2. The highest BCUT2D eigenvalue weighted by atomic mass is 16.3. The van der Waals surface area contributed by atoms with Gasteiger partial charge in [-0.3, -0.25) is 9.78 Å². The zero-order chi connectivity index (χ0) is 16.2. The van der Waals surface area contributed by atoms with E-state index in [2.05, 4.69) is 10.3 Å². The molecule has 0 atom stereocenters. The van der Waals surface area contributed by atoms with Crippen molar-refractivity contribution in [2.75, 3.05) is 5.32 Å². The Kier molecular flexibility index (Phi) is 4.21. The SMILES string of the molecule is Cn1cc(/C=C/C(=O)Nc2cnccc2CO)c2ccccc21. The smallest absolute Gasteiger partial charge is 0.248 e. The summed E-state index contributed by atoms with van der Waals surface area (Å²) >= 11 is 0. The zero-order valence-corrected chi connectivity index (χ0v) is 12.7. The van der Waals surface area contributed by atoms with Gasteiger partial charge in [0.05, 0.1) is 18.5 Å². The maximum Gasteiger partial charge on any atom is 0.248 e. The molecule has 0 aliphatic heterocycles.